The largest absolute Gasteiger partial charge is 0.497 e. The lowest BCUT2D eigenvalue weighted by Crippen LogP contribution is -2.10. The van der Waals surface area contributed by atoms with Crippen molar-refractivity contribution in [1.29, 1.82) is 0 Å². The van der Waals surface area contributed by atoms with Crippen molar-refractivity contribution >= 4 is 11.5 Å². The highest BCUT2D eigenvalue weighted by molar-refractivity contribution is 5.85. The standard InChI is InChI=1S/C31H33FO5/c1-31(2)14-6-9-27(31)25-15-20(10-12-24(25)26-17-22(35-3)11-13-28(26)32)19-37-23-8-5-7-21(16-23)29(33)18-30(34)36-4/h5,7-13,15-17,29,33H,6,14,18-19H2,1-4H3/t29-/m1/s1. The Labute approximate surface area is 217 Å². The minimum absolute atomic E-state index is 0.0340. The van der Waals surface area contributed by atoms with Crippen LogP contribution in [0.1, 0.15) is 55.9 Å². The molecule has 0 radical (unpaired) electrons. The molecule has 3 aromatic rings. The van der Waals surface area contributed by atoms with E-state index in [2.05, 4.69) is 30.7 Å². The first-order valence-electron chi connectivity index (χ1n) is 12.4. The number of aliphatic hydroxyl groups is 1. The normalized spacial score (nSPS) is 15.1. The van der Waals surface area contributed by atoms with Gasteiger partial charge in [-0.1, -0.05) is 44.2 Å². The Bertz CT molecular complexity index is 1310. The van der Waals surface area contributed by atoms with E-state index < -0.39 is 12.1 Å². The van der Waals surface area contributed by atoms with Crippen molar-refractivity contribution in [2.75, 3.05) is 14.2 Å². The quantitative estimate of drug-likeness (QED) is 0.322. The molecule has 194 valence electrons. The maximum atomic E-state index is 15.0. The van der Waals surface area contributed by atoms with E-state index in [-0.39, 0.29) is 24.3 Å². The Morgan fingerprint density at radius 3 is 2.51 bits per heavy atom. The average Bonchev–Trinajstić information content (AvgIpc) is 3.26. The summed E-state index contributed by atoms with van der Waals surface area (Å²) in [6.45, 7) is 4.72. The first kappa shape index (κ1) is 26.4. The average molecular weight is 505 g/mol. The van der Waals surface area contributed by atoms with Crippen LogP contribution in [0.2, 0.25) is 0 Å². The number of benzene rings is 3. The Morgan fingerprint density at radius 1 is 1.00 bits per heavy atom. The SMILES string of the molecule is COC(=O)C[C@@H](O)c1cccc(OCc2ccc(-c3cc(OC)ccc3F)c(C3=CCCC3(C)C)c2)c1. The number of esters is 1. The number of carbonyl (C=O) groups excluding carboxylic acids is 1. The zero-order chi connectivity index (χ0) is 26.6. The molecule has 0 bridgehead atoms. The molecule has 0 fully saturated rings. The molecule has 0 aliphatic heterocycles. The number of aliphatic hydroxyl groups excluding tert-OH is 1. The second-order valence-electron chi connectivity index (χ2n) is 9.92. The van der Waals surface area contributed by atoms with Crippen LogP contribution in [-0.2, 0) is 16.1 Å². The monoisotopic (exact) mass is 504 g/mol. The van der Waals surface area contributed by atoms with Gasteiger partial charge in [0.1, 0.15) is 23.9 Å². The van der Waals surface area contributed by atoms with E-state index in [0.717, 1.165) is 29.5 Å². The van der Waals surface area contributed by atoms with Gasteiger partial charge in [-0.05, 0) is 82.5 Å². The fourth-order valence-corrected chi connectivity index (χ4v) is 4.78. The van der Waals surface area contributed by atoms with E-state index >= 15 is 0 Å². The molecule has 1 atom stereocenters. The highest BCUT2D eigenvalue weighted by Gasteiger charge is 2.30. The molecule has 1 aliphatic rings. The summed E-state index contributed by atoms with van der Waals surface area (Å²) >= 11 is 0. The number of allylic oxidation sites excluding steroid dienone is 2. The van der Waals surface area contributed by atoms with Gasteiger partial charge < -0.3 is 19.3 Å². The molecule has 37 heavy (non-hydrogen) atoms. The molecular weight excluding hydrogens is 471 g/mol. The molecule has 6 heteroatoms. The molecule has 1 aliphatic carbocycles. The molecule has 1 N–H and O–H groups in total. The minimum atomic E-state index is -0.976. The van der Waals surface area contributed by atoms with Gasteiger partial charge in [0.25, 0.3) is 0 Å². The number of carbonyl (C=O) groups is 1. The van der Waals surface area contributed by atoms with Gasteiger partial charge in [-0.25, -0.2) is 4.39 Å². The van der Waals surface area contributed by atoms with Crippen LogP contribution in [0.3, 0.4) is 0 Å². The van der Waals surface area contributed by atoms with E-state index in [0.29, 0.717) is 22.6 Å². The first-order chi connectivity index (χ1) is 17.7. The van der Waals surface area contributed by atoms with Crippen molar-refractivity contribution in [1.82, 2.24) is 0 Å². The number of rotatable bonds is 9. The van der Waals surface area contributed by atoms with Crippen LogP contribution in [0.15, 0.2) is 66.7 Å². The van der Waals surface area contributed by atoms with Crippen LogP contribution in [0.5, 0.6) is 11.5 Å². The van der Waals surface area contributed by atoms with Gasteiger partial charge >= 0.3 is 5.97 Å². The summed E-state index contributed by atoms with van der Waals surface area (Å²) in [5.74, 6) is 0.391. The third-order valence-corrected chi connectivity index (χ3v) is 6.92. The summed E-state index contributed by atoms with van der Waals surface area (Å²) in [5.41, 5.74) is 4.97. The number of hydrogen-bond acceptors (Lipinski definition) is 5. The Balaban J connectivity index is 1.63. The first-order valence-corrected chi connectivity index (χ1v) is 12.4. The topological polar surface area (TPSA) is 65.0 Å². The maximum Gasteiger partial charge on any atom is 0.308 e. The van der Waals surface area contributed by atoms with Crippen LogP contribution in [0.4, 0.5) is 4.39 Å². The molecule has 0 saturated heterocycles. The summed E-state index contributed by atoms with van der Waals surface area (Å²) in [6, 6.07) is 17.8. The summed E-state index contributed by atoms with van der Waals surface area (Å²) in [5, 5.41) is 10.3. The molecule has 0 heterocycles. The lowest BCUT2D eigenvalue weighted by atomic mass is 9.79. The van der Waals surface area contributed by atoms with Crippen molar-refractivity contribution in [3.8, 4) is 22.6 Å². The van der Waals surface area contributed by atoms with Gasteiger partial charge in [0.2, 0.25) is 0 Å². The Morgan fingerprint density at radius 2 is 1.81 bits per heavy atom. The van der Waals surface area contributed by atoms with E-state index in [9.17, 15) is 14.3 Å². The zero-order valence-electron chi connectivity index (χ0n) is 21.7. The summed E-state index contributed by atoms with van der Waals surface area (Å²) in [6.07, 6.45) is 3.15. The van der Waals surface area contributed by atoms with Gasteiger partial charge in [-0.3, -0.25) is 4.79 Å². The second kappa shape index (κ2) is 11.2. The van der Waals surface area contributed by atoms with Crippen LogP contribution in [0.25, 0.3) is 16.7 Å². The Kier molecular flexibility index (Phi) is 7.98. The molecule has 5 nitrogen and oxygen atoms in total. The van der Waals surface area contributed by atoms with Crippen molar-refractivity contribution in [2.45, 2.75) is 45.8 Å². The van der Waals surface area contributed by atoms with Crippen molar-refractivity contribution in [3.05, 3.63) is 89.2 Å². The Hall–Kier alpha value is -3.64. The number of methoxy groups -OCH3 is 2. The second-order valence-corrected chi connectivity index (χ2v) is 9.92. The zero-order valence-corrected chi connectivity index (χ0v) is 21.7. The lowest BCUT2D eigenvalue weighted by Gasteiger charge is -2.25. The maximum absolute atomic E-state index is 15.0. The van der Waals surface area contributed by atoms with Crippen LogP contribution in [-0.4, -0.2) is 25.3 Å². The number of halogens is 1. The van der Waals surface area contributed by atoms with Crippen LogP contribution in [0, 0.1) is 11.2 Å². The molecule has 0 saturated carbocycles. The van der Waals surface area contributed by atoms with Crippen LogP contribution < -0.4 is 9.47 Å². The number of hydrogen-bond donors (Lipinski definition) is 1. The molecule has 0 amide bonds. The summed E-state index contributed by atoms with van der Waals surface area (Å²) < 4.78 is 31.0. The smallest absolute Gasteiger partial charge is 0.308 e. The highest BCUT2D eigenvalue weighted by atomic mass is 19.1. The molecule has 4 rings (SSSR count). The highest BCUT2D eigenvalue weighted by Crippen LogP contribution is 2.47. The minimum Gasteiger partial charge on any atom is -0.497 e. The summed E-state index contributed by atoms with van der Waals surface area (Å²) in [7, 11) is 2.87. The van der Waals surface area contributed by atoms with E-state index in [1.54, 1.807) is 43.5 Å². The van der Waals surface area contributed by atoms with E-state index in [1.165, 1.54) is 18.7 Å². The lowest BCUT2D eigenvalue weighted by molar-refractivity contribution is -0.142. The van der Waals surface area contributed by atoms with Crippen molar-refractivity contribution in [3.63, 3.8) is 0 Å². The number of ether oxygens (including phenoxy) is 3. The van der Waals surface area contributed by atoms with Gasteiger partial charge in [-0.2, -0.15) is 0 Å². The van der Waals surface area contributed by atoms with E-state index in [4.69, 9.17) is 9.47 Å². The molecule has 0 spiro atoms. The molecular formula is C31H33FO5. The predicted molar refractivity (Wildman–Crippen MR) is 142 cm³/mol. The van der Waals surface area contributed by atoms with Gasteiger partial charge in [0.15, 0.2) is 0 Å². The van der Waals surface area contributed by atoms with Crippen molar-refractivity contribution in [2.24, 2.45) is 5.41 Å². The fourth-order valence-electron chi connectivity index (χ4n) is 4.78. The van der Waals surface area contributed by atoms with Gasteiger partial charge in [0, 0.05) is 5.56 Å². The van der Waals surface area contributed by atoms with Gasteiger partial charge in [0.05, 0.1) is 26.7 Å². The van der Waals surface area contributed by atoms with Crippen LogP contribution >= 0.6 is 0 Å². The summed E-state index contributed by atoms with van der Waals surface area (Å²) in [4.78, 5) is 11.5. The third-order valence-electron chi connectivity index (χ3n) is 6.92. The van der Waals surface area contributed by atoms with Gasteiger partial charge in [-0.15, -0.1) is 0 Å². The van der Waals surface area contributed by atoms with Crippen molar-refractivity contribution < 1.29 is 28.5 Å². The fraction of sp³-hybridized carbons (Fsp3) is 0.323. The molecule has 0 aromatic heterocycles. The third kappa shape index (κ3) is 6.03. The van der Waals surface area contributed by atoms with E-state index in [1.807, 2.05) is 12.1 Å². The predicted octanol–water partition coefficient (Wildman–Crippen LogP) is 6.88. The molecule has 0 unspecified atom stereocenters. The molecule has 3 aromatic carbocycles.